The first-order chi connectivity index (χ1) is 12.6. The van der Waals surface area contributed by atoms with E-state index in [4.69, 9.17) is 0 Å². The smallest absolute Gasteiger partial charge is 0.0806 e. The quantitative estimate of drug-likeness (QED) is 0.345. The van der Waals surface area contributed by atoms with Crippen molar-refractivity contribution in [1.29, 1.82) is 0 Å². The maximum Gasteiger partial charge on any atom is 0.109 e. The molecule has 0 radical (unpaired) electrons. The molecule has 1 aliphatic carbocycles. The second kappa shape index (κ2) is 6.89. The summed E-state index contributed by atoms with van der Waals surface area (Å²) in [4.78, 5) is 0. The van der Waals surface area contributed by atoms with Crippen LogP contribution in [0.5, 0.6) is 0 Å². The van der Waals surface area contributed by atoms with Gasteiger partial charge in [0.15, 0.2) is 0 Å². The van der Waals surface area contributed by atoms with Gasteiger partial charge in [0.25, 0.3) is 0 Å². The maximum absolute atomic E-state index is 2.56. The average molecular weight is 357 g/mol. The zero-order chi connectivity index (χ0) is 18.1. The molecule has 0 nitrogen and oxygen atoms in total. The third-order valence-electron chi connectivity index (χ3n) is 5.98. The SMILES string of the molecule is CCCCC1=C([Si](C)(C)c2c3ccccc3cc3ccccc23)CC=C1. The van der Waals surface area contributed by atoms with Crippen LogP contribution in [0.1, 0.15) is 32.6 Å². The standard InChI is InChI=1S/C25H28Si/c1-4-5-11-19-14-10-17-24(19)26(2,3)25-22-15-8-6-12-20(22)18-21-13-7-9-16-23(21)25/h6-10,12-16,18H,4-5,11,17H2,1-3H3. The molecule has 0 amide bonds. The molecule has 132 valence electrons. The molecule has 0 saturated carbocycles. The molecule has 0 aliphatic heterocycles. The summed E-state index contributed by atoms with van der Waals surface area (Å²) < 4.78 is 0. The van der Waals surface area contributed by atoms with Crippen molar-refractivity contribution in [2.24, 2.45) is 0 Å². The summed E-state index contributed by atoms with van der Waals surface area (Å²) in [6.45, 7) is 7.42. The van der Waals surface area contributed by atoms with Crippen LogP contribution in [-0.4, -0.2) is 8.07 Å². The third-order valence-corrected chi connectivity index (χ3v) is 9.80. The van der Waals surface area contributed by atoms with E-state index in [1.165, 1.54) is 40.8 Å². The Morgan fingerprint density at radius 2 is 1.50 bits per heavy atom. The Bertz CT molecular complexity index is 967. The summed E-state index contributed by atoms with van der Waals surface area (Å²) in [6.07, 6.45) is 9.75. The van der Waals surface area contributed by atoms with Gasteiger partial charge in [0.1, 0.15) is 8.07 Å². The highest BCUT2D eigenvalue weighted by Crippen LogP contribution is 2.34. The maximum atomic E-state index is 2.56. The van der Waals surface area contributed by atoms with Gasteiger partial charge in [-0.05, 0) is 52.1 Å². The van der Waals surface area contributed by atoms with E-state index in [9.17, 15) is 0 Å². The molecule has 4 rings (SSSR count). The molecule has 1 aliphatic rings. The fraction of sp³-hybridized carbons (Fsp3) is 0.280. The van der Waals surface area contributed by atoms with Crippen molar-refractivity contribution < 1.29 is 0 Å². The van der Waals surface area contributed by atoms with Crippen LogP contribution in [0.25, 0.3) is 21.5 Å². The first-order valence-electron chi connectivity index (χ1n) is 9.93. The Kier molecular flexibility index (Phi) is 4.58. The molecule has 0 spiro atoms. The zero-order valence-electron chi connectivity index (χ0n) is 16.2. The Hall–Kier alpha value is -2.12. The molecule has 0 aromatic heterocycles. The molecule has 0 N–H and O–H groups in total. The molecule has 1 heteroatoms. The van der Waals surface area contributed by atoms with Crippen LogP contribution in [0, 0.1) is 0 Å². The van der Waals surface area contributed by atoms with Gasteiger partial charge < -0.3 is 0 Å². The van der Waals surface area contributed by atoms with E-state index < -0.39 is 8.07 Å². The van der Waals surface area contributed by atoms with Gasteiger partial charge in [-0.25, -0.2) is 0 Å². The lowest BCUT2D eigenvalue weighted by Gasteiger charge is -2.30. The van der Waals surface area contributed by atoms with Crippen LogP contribution in [-0.2, 0) is 0 Å². The predicted octanol–water partition coefficient (Wildman–Crippen LogP) is 6.89. The first-order valence-corrected chi connectivity index (χ1v) is 12.9. The minimum absolute atomic E-state index is 1.15. The second-order valence-corrected chi connectivity index (χ2v) is 12.4. The molecule has 26 heavy (non-hydrogen) atoms. The van der Waals surface area contributed by atoms with Crippen LogP contribution in [0.15, 0.2) is 77.5 Å². The fourth-order valence-electron chi connectivity index (χ4n) is 4.65. The molecule has 0 fully saturated rings. The molecule has 0 saturated heterocycles. The molecule has 0 bridgehead atoms. The van der Waals surface area contributed by atoms with Gasteiger partial charge in [0.2, 0.25) is 0 Å². The second-order valence-electron chi connectivity index (χ2n) is 8.03. The Balaban J connectivity index is 1.99. The zero-order valence-corrected chi connectivity index (χ0v) is 17.2. The highest BCUT2D eigenvalue weighted by molar-refractivity contribution is 6.98. The Labute approximate surface area is 158 Å². The third kappa shape index (κ3) is 2.85. The lowest BCUT2D eigenvalue weighted by atomic mass is 10.0. The number of fused-ring (bicyclic) bond motifs is 2. The van der Waals surface area contributed by atoms with E-state index in [-0.39, 0.29) is 0 Å². The molecule has 0 unspecified atom stereocenters. The van der Waals surface area contributed by atoms with Crippen LogP contribution in [0.4, 0.5) is 0 Å². The van der Waals surface area contributed by atoms with E-state index in [0.717, 1.165) is 6.42 Å². The summed E-state index contributed by atoms with van der Waals surface area (Å²) in [7, 11) is -1.77. The number of benzene rings is 3. The summed E-state index contributed by atoms with van der Waals surface area (Å²) >= 11 is 0. The predicted molar refractivity (Wildman–Crippen MR) is 119 cm³/mol. The largest absolute Gasteiger partial charge is 0.109 e. The molecule has 3 aromatic carbocycles. The van der Waals surface area contributed by atoms with Crippen molar-refractivity contribution >= 4 is 34.8 Å². The monoisotopic (exact) mass is 356 g/mol. The van der Waals surface area contributed by atoms with E-state index in [1.54, 1.807) is 16.0 Å². The average Bonchev–Trinajstić information content (AvgIpc) is 3.13. The van der Waals surface area contributed by atoms with Gasteiger partial charge in [-0.3, -0.25) is 0 Å². The summed E-state index contributed by atoms with van der Waals surface area (Å²) in [5.41, 5.74) is 1.63. The highest BCUT2D eigenvalue weighted by atomic mass is 28.3. The van der Waals surface area contributed by atoms with Crippen LogP contribution in [0.3, 0.4) is 0 Å². The Morgan fingerprint density at radius 1 is 0.885 bits per heavy atom. The topological polar surface area (TPSA) is 0 Å². The summed E-state index contributed by atoms with van der Waals surface area (Å²) in [6, 6.07) is 20.3. The van der Waals surface area contributed by atoms with Crippen LogP contribution in [0.2, 0.25) is 13.1 Å². The molecular formula is C25H28Si. The Morgan fingerprint density at radius 3 is 2.12 bits per heavy atom. The molecule has 0 atom stereocenters. The van der Waals surface area contributed by atoms with Crippen molar-refractivity contribution in [2.75, 3.05) is 0 Å². The molecular weight excluding hydrogens is 328 g/mol. The normalized spacial score (nSPS) is 14.7. The van der Waals surface area contributed by atoms with E-state index in [2.05, 4.69) is 86.8 Å². The lowest BCUT2D eigenvalue weighted by molar-refractivity contribution is 0.797. The highest BCUT2D eigenvalue weighted by Gasteiger charge is 2.33. The van der Waals surface area contributed by atoms with Gasteiger partial charge in [0.05, 0.1) is 0 Å². The number of hydrogen-bond donors (Lipinski definition) is 0. The minimum atomic E-state index is -1.77. The van der Waals surface area contributed by atoms with Gasteiger partial charge in [0, 0.05) is 0 Å². The van der Waals surface area contributed by atoms with Crippen molar-refractivity contribution in [1.82, 2.24) is 0 Å². The van der Waals surface area contributed by atoms with Gasteiger partial charge in [-0.2, -0.15) is 0 Å². The number of allylic oxidation sites excluding steroid dienone is 4. The van der Waals surface area contributed by atoms with Gasteiger partial charge in [-0.1, -0.05) is 97.9 Å². The lowest BCUT2D eigenvalue weighted by Crippen LogP contribution is -2.45. The van der Waals surface area contributed by atoms with E-state index in [0.29, 0.717) is 0 Å². The van der Waals surface area contributed by atoms with E-state index in [1.807, 2.05) is 0 Å². The van der Waals surface area contributed by atoms with Crippen LogP contribution < -0.4 is 5.19 Å². The van der Waals surface area contributed by atoms with Gasteiger partial charge >= 0.3 is 0 Å². The summed E-state index contributed by atoms with van der Waals surface area (Å²) in [5, 5.41) is 9.03. The number of unbranched alkanes of at least 4 members (excludes halogenated alkanes) is 1. The first kappa shape index (κ1) is 17.3. The fourth-order valence-corrected chi connectivity index (χ4v) is 8.39. The van der Waals surface area contributed by atoms with Crippen molar-refractivity contribution in [2.45, 2.75) is 45.7 Å². The van der Waals surface area contributed by atoms with Crippen LogP contribution >= 0.6 is 0 Å². The van der Waals surface area contributed by atoms with Gasteiger partial charge in [-0.15, -0.1) is 0 Å². The number of rotatable bonds is 5. The van der Waals surface area contributed by atoms with Crippen molar-refractivity contribution in [3.63, 3.8) is 0 Å². The van der Waals surface area contributed by atoms with E-state index >= 15 is 0 Å². The minimum Gasteiger partial charge on any atom is -0.0806 e. The number of hydrogen-bond acceptors (Lipinski definition) is 0. The molecule has 0 heterocycles. The summed E-state index contributed by atoms with van der Waals surface area (Å²) in [5.74, 6) is 0. The molecule has 3 aromatic rings. The van der Waals surface area contributed by atoms with Crippen molar-refractivity contribution in [3.05, 3.63) is 77.5 Å². The van der Waals surface area contributed by atoms with Crippen molar-refractivity contribution in [3.8, 4) is 0 Å².